The fourth-order valence-electron chi connectivity index (χ4n) is 3.01. The summed E-state index contributed by atoms with van der Waals surface area (Å²) < 4.78 is 24.9. The highest BCUT2D eigenvalue weighted by Gasteiger charge is 2.36. The van der Waals surface area contributed by atoms with E-state index in [0.29, 0.717) is 19.5 Å². The molecule has 1 heterocycles. The van der Waals surface area contributed by atoms with E-state index in [9.17, 15) is 13.2 Å². The highest BCUT2D eigenvalue weighted by atomic mass is 32.2. The second-order valence-electron chi connectivity index (χ2n) is 6.93. The van der Waals surface area contributed by atoms with Gasteiger partial charge in [-0.1, -0.05) is 32.9 Å². The third-order valence-electron chi connectivity index (χ3n) is 4.52. The van der Waals surface area contributed by atoms with E-state index < -0.39 is 9.84 Å². The third-order valence-corrected chi connectivity index (χ3v) is 6.50. The van der Waals surface area contributed by atoms with Crippen molar-refractivity contribution in [2.75, 3.05) is 18.8 Å². The van der Waals surface area contributed by atoms with Crippen LogP contribution in [-0.4, -0.2) is 44.1 Å². The Labute approximate surface area is 138 Å². The number of benzene rings is 1. The summed E-state index contributed by atoms with van der Waals surface area (Å²) in [5.74, 6) is -0.173. The Morgan fingerprint density at radius 1 is 1.35 bits per heavy atom. The Bertz CT molecular complexity index is 683. The molecule has 128 valence electrons. The maximum atomic E-state index is 12.9. The smallest absolute Gasteiger partial charge is 0.255 e. The molecule has 0 bridgehead atoms. The van der Waals surface area contributed by atoms with Gasteiger partial charge in [0.05, 0.1) is 16.2 Å². The van der Waals surface area contributed by atoms with Crippen LogP contribution in [-0.2, 0) is 9.84 Å². The summed E-state index contributed by atoms with van der Waals surface area (Å²) >= 11 is 0. The van der Waals surface area contributed by atoms with E-state index in [4.69, 9.17) is 5.73 Å². The van der Waals surface area contributed by atoms with Gasteiger partial charge in [0, 0.05) is 19.1 Å². The maximum Gasteiger partial charge on any atom is 0.255 e. The molecule has 1 atom stereocenters. The van der Waals surface area contributed by atoms with E-state index in [1.165, 1.54) is 6.07 Å². The van der Waals surface area contributed by atoms with Crippen LogP contribution in [0.1, 0.15) is 44.0 Å². The zero-order chi connectivity index (χ0) is 17.3. The van der Waals surface area contributed by atoms with Crippen molar-refractivity contribution < 1.29 is 13.2 Å². The molecule has 1 aromatic rings. The number of amides is 1. The monoisotopic (exact) mass is 338 g/mol. The molecule has 1 aromatic carbocycles. The van der Waals surface area contributed by atoms with Crippen molar-refractivity contribution in [2.45, 2.75) is 44.6 Å². The number of rotatable bonds is 4. The van der Waals surface area contributed by atoms with Gasteiger partial charge in [-0.25, -0.2) is 8.42 Å². The molecule has 1 fully saturated rings. The number of carbonyl (C=O) groups is 1. The molecule has 1 amide bonds. The minimum absolute atomic E-state index is 0.0469. The van der Waals surface area contributed by atoms with Crippen molar-refractivity contribution in [1.82, 2.24) is 4.90 Å². The quantitative estimate of drug-likeness (QED) is 0.911. The number of hydrogen-bond donors (Lipinski definition) is 1. The van der Waals surface area contributed by atoms with E-state index in [2.05, 4.69) is 0 Å². The maximum absolute atomic E-state index is 12.9. The molecule has 0 saturated carbocycles. The van der Waals surface area contributed by atoms with Crippen LogP contribution in [0.2, 0.25) is 0 Å². The van der Waals surface area contributed by atoms with Crippen molar-refractivity contribution in [1.29, 1.82) is 0 Å². The summed E-state index contributed by atoms with van der Waals surface area (Å²) in [6, 6.07) is 6.55. The van der Waals surface area contributed by atoms with Crippen LogP contribution in [0.4, 0.5) is 0 Å². The van der Waals surface area contributed by atoms with Gasteiger partial charge in [-0.15, -0.1) is 0 Å². The Kier molecular flexibility index (Phi) is 5.16. The van der Waals surface area contributed by atoms with E-state index in [1.54, 1.807) is 23.1 Å². The second-order valence-corrected chi connectivity index (χ2v) is 9.00. The zero-order valence-electron chi connectivity index (χ0n) is 14.1. The summed E-state index contributed by atoms with van der Waals surface area (Å²) in [5, 5.41) is 0. The predicted octanol–water partition coefficient (Wildman–Crippen LogP) is 2.07. The van der Waals surface area contributed by atoms with E-state index in [0.717, 1.165) is 6.42 Å². The molecule has 1 aliphatic rings. The molecule has 5 nitrogen and oxygen atoms in total. The van der Waals surface area contributed by atoms with E-state index in [-0.39, 0.29) is 33.6 Å². The number of carbonyl (C=O) groups excluding carboxylic acids is 1. The molecule has 1 unspecified atom stereocenters. The van der Waals surface area contributed by atoms with Crippen LogP contribution in [0.15, 0.2) is 29.2 Å². The lowest BCUT2D eigenvalue weighted by Gasteiger charge is -2.42. The van der Waals surface area contributed by atoms with Crippen LogP contribution in [0.5, 0.6) is 0 Å². The summed E-state index contributed by atoms with van der Waals surface area (Å²) in [6.07, 6.45) is 1.25. The number of likely N-dealkylation sites (tertiary alicyclic amines) is 1. The first kappa shape index (κ1) is 17.9. The Balaban J connectivity index is 2.34. The largest absolute Gasteiger partial charge is 0.338 e. The molecular formula is C17H26N2O3S. The molecule has 0 radical (unpaired) electrons. The summed E-state index contributed by atoms with van der Waals surface area (Å²) in [4.78, 5) is 14.8. The topological polar surface area (TPSA) is 80.5 Å². The van der Waals surface area contributed by atoms with E-state index >= 15 is 0 Å². The van der Waals surface area contributed by atoms with Crippen molar-refractivity contribution in [2.24, 2.45) is 11.1 Å². The first-order valence-electron chi connectivity index (χ1n) is 8.05. The first-order valence-corrected chi connectivity index (χ1v) is 9.71. The molecular weight excluding hydrogens is 312 g/mol. The minimum atomic E-state index is -3.44. The SMILES string of the molecule is CCCS(=O)(=O)c1ccccc1C(=O)N1CCC(N)C(C)(C)C1. The lowest BCUT2D eigenvalue weighted by molar-refractivity contribution is 0.0529. The number of sulfone groups is 1. The molecule has 1 saturated heterocycles. The van der Waals surface area contributed by atoms with Crippen LogP contribution in [0.25, 0.3) is 0 Å². The fourth-order valence-corrected chi connectivity index (χ4v) is 4.54. The fraction of sp³-hybridized carbons (Fsp3) is 0.588. The number of piperidine rings is 1. The summed E-state index contributed by atoms with van der Waals surface area (Å²) in [7, 11) is -3.44. The number of nitrogens with zero attached hydrogens (tertiary/aromatic N) is 1. The van der Waals surface area contributed by atoms with Gasteiger partial charge in [-0.2, -0.15) is 0 Å². The Hall–Kier alpha value is -1.40. The molecule has 0 aromatic heterocycles. The predicted molar refractivity (Wildman–Crippen MR) is 91.1 cm³/mol. The average molecular weight is 338 g/mol. The molecule has 0 aliphatic carbocycles. The van der Waals surface area contributed by atoms with Crippen LogP contribution >= 0.6 is 0 Å². The minimum Gasteiger partial charge on any atom is -0.338 e. The van der Waals surface area contributed by atoms with Gasteiger partial charge in [0.15, 0.2) is 9.84 Å². The van der Waals surface area contributed by atoms with Crippen LogP contribution in [0.3, 0.4) is 0 Å². The van der Waals surface area contributed by atoms with Gasteiger partial charge in [-0.3, -0.25) is 4.79 Å². The van der Waals surface area contributed by atoms with Gasteiger partial charge in [0.25, 0.3) is 5.91 Å². The summed E-state index contributed by atoms with van der Waals surface area (Å²) in [5.41, 5.74) is 6.21. The van der Waals surface area contributed by atoms with Crippen molar-refractivity contribution >= 4 is 15.7 Å². The van der Waals surface area contributed by atoms with Gasteiger partial charge in [0.2, 0.25) is 0 Å². The summed E-state index contributed by atoms with van der Waals surface area (Å²) in [6.45, 7) is 6.99. The molecule has 23 heavy (non-hydrogen) atoms. The average Bonchev–Trinajstić information content (AvgIpc) is 2.49. The highest BCUT2D eigenvalue weighted by Crippen LogP contribution is 2.29. The van der Waals surface area contributed by atoms with Crippen LogP contribution < -0.4 is 5.73 Å². The van der Waals surface area contributed by atoms with Crippen LogP contribution in [0, 0.1) is 5.41 Å². The lowest BCUT2D eigenvalue weighted by atomic mass is 9.79. The zero-order valence-corrected chi connectivity index (χ0v) is 14.9. The van der Waals surface area contributed by atoms with Gasteiger partial charge >= 0.3 is 0 Å². The number of hydrogen-bond acceptors (Lipinski definition) is 4. The van der Waals surface area contributed by atoms with Gasteiger partial charge < -0.3 is 10.6 Å². The Morgan fingerprint density at radius 2 is 2.00 bits per heavy atom. The second kappa shape index (κ2) is 6.61. The van der Waals surface area contributed by atoms with Gasteiger partial charge in [0.1, 0.15) is 0 Å². The van der Waals surface area contributed by atoms with Gasteiger partial charge in [-0.05, 0) is 30.4 Å². The highest BCUT2D eigenvalue weighted by molar-refractivity contribution is 7.91. The van der Waals surface area contributed by atoms with Crippen molar-refractivity contribution in [3.63, 3.8) is 0 Å². The normalized spacial score (nSPS) is 21.2. The molecule has 0 spiro atoms. The third kappa shape index (κ3) is 3.75. The van der Waals surface area contributed by atoms with Crippen molar-refractivity contribution in [3.8, 4) is 0 Å². The first-order chi connectivity index (χ1) is 10.7. The molecule has 2 N–H and O–H groups in total. The molecule has 6 heteroatoms. The molecule has 2 rings (SSSR count). The van der Waals surface area contributed by atoms with E-state index in [1.807, 2.05) is 20.8 Å². The van der Waals surface area contributed by atoms with Crippen molar-refractivity contribution in [3.05, 3.63) is 29.8 Å². The number of nitrogens with two attached hydrogens (primary N) is 1. The molecule has 1 aliphatic heterocycles. The Morgan fingerprint density at radius 3 is 2.61 bits per heavy atom. The standard InChI is InChI=1S/C17H26N2O3S/c1-4-11-23(21,22)14-8-6-5-7-13(14)16(20)19-10-9-15(18)17(2,3)12-19/h5-8,15H,4,9-12,18H2,1-3H3. The lowest BCUT2D eigenvalue weighted by Crippen LogP contribution is -2.54.